The van der Waals surface area contributed by atoms with E-state index in [2.05, 4.69) is 30.7 Å². The molecule has 0 atom stereocenters. The molecule has 0 aliphatic rings. The third-order valence-electron chi connectivity index (χ3n) is 4.78. The van der Waals surface area contributed by atoms with E-state index in [0.29, 0.717) is 30.6 Å². The van der Waals surface area contributed by atoms with Crippen molar-refractivity contribution in [2.45, 2.75) is 34.0 Å². The first kappa shape index (κ1) is 22.1. The number of nitrogens with zero attached hydrogens (tertiary/aromatic N) is 2. The van der Waals surface area contributed by atoms with Crippen molar-refractivity contribution in [3.05, 3.63) is 87.6 Å². The quantitative estimate of drug-likeness (QED) is 0.402. The standard InChI is InChI=1S/C25H26ClN3O3/c1-25(2,3)16-31-15-23-27-21-9-8-19(12-22(21)28-23)29-11-10-20(13-24(29)30)32-14-17-4-6-18(26)7-5-17/h4-13H,14-16H2,1-3H3,(H,27,28). The second kappa shape index (κ2) is 9.18. The first-order valence-corrected chi connectivity index (χ1v) is 10.8. The van der Waals surface area contributed by atoms with Gasteiger partial charge in [0.25, 0.3) is 5.56 Å². The van der Waals surface area contributed by atoms with Crippen molar-refractivity contribution in [2.24, 2.45) is 5.41 Å². The Kier molecular flexibility index (Phi) is 6.35. The van der Waals surface area contributed by atoms with Crippen LogP contribution in [0.4, 0.5) is 0 Å². The molecule has 0 amide bonds. The fourth-order valence-electron chi connectivity index (χ4n) is 3.23. The molecule has 2 heterocycles. The molecule has 0 unspecified atom stereocenters. The number of aromatic nitrogens is 3. The van der Waals surface area contributed by atoms with E-state index >= 15 is 0 Å². The summed E-state index contributed by atoms with van der Waals surface area (Å²) >= 11 is 5.90. The fourth-order valence-corrected chi connectivity index (χ4v) is 3.36. The normalized spacial score (nSPS) is 11.8. The second-order valence-corrected chi connectivity index (χ2v) is 9.36. The number of pyridine rings is 1. The molecule has 0 fully saturated rings. The van der Waals surface area contributed by atoms with Crippen LogP contribution in [0.5, 0.6) is 5.75 Å². The van der Waals surface area contributed by atoms with Crippen LogP contribution in [0.25, 0.3) is 16.7 Å². The molecule has 4 aromatic rings. The Hall–Kier alpha value is -3.09. The van der Waals surface area contributed by atoms with Crippen LogP contribution < -0.4 is 10.3 Å². The number of ether oxygens (including phenoxy) is 2. The lowest BCUT2D eigenvalue weighted by Gasteiger charge is -2.17. The minimum atomic E-state index is -0.175. The number of imidazole rings is 1. The number of nitrogens with one attached hydrogen (secondary N) is 1. The molecule has 0 radical (unpaired) electrons. The molecule has 32 heavy (non-hydrogen) atoms. The van der Waals surface area contributed by atoms with E-state index in [1.165, 1.54) is 6.07 Å². The molecule has 0 bridgehead atoms. The Balaban J connectivity index is 1.47. The Morgan fingerprint density at radius 3 is 2.53 bits per heavy atom. The molecule has 0 saturated carbocycles. The Bertz CT molecular complexity index is 1270. The van der Waals surface area contributed by atoms with Gasteiger partial charge in [0.05, 0.1) is 23.3 Å². The first-order valence-electron chi connectivity index (χ1n) is 10.4. The topological polar surface area (TPSA) is 69.1 Å². The SMILES string of the molecule is CC(C)(C)COCc1nc2ccc(-n3ccc(OCc4ccc(Cl)cc4)cc3=O)cc2[nH]1. The van der Waals surface area contributed by atoms with E-state index in [-0.39, 0.29) is 11.0 Å². The zero-order valence-electron chi connectivity index (χ0n) is 18.4. The Labute approximate surface area is 191 Å². The number of hydrogen-bond donors (Lipinski definition) is 1. The number of benzene rings is 2. The summed E-state index contributed by atoms with van der Waals surface area (Å²) in [4.78, 5) is 20.5. The summed E-state index contributed by atoms with van der Waals surface area (Å²) in [6, 6.07) is 16.4. The van der Waals surface area contributed by atoms with Crippen molar-refractivity contribution in [3.63, 3.8) is 0 Å². The van der Waals surface area contributed by atoms with E-state index in [4.69, 9.17) is 21.1 Å². The highest BCUT2D eigenvalue weighted by atomic mass is 35.5. The van der Waals surface area contributed by atoms with Crippen LogP contribution >= 0.6 is 11.6 Å². The minimum Gasteiger partial charge on any atom is -0.489 e. The van der Waals surface area contributed by atoms with Crippen molar-refractivity contribution >= 4 is 22.6 Å². The van der Waals surface area contributed by atoms with Crippen LogP contribution in [-0.4, -0.2) is 21.1 Å². The van der Waals surface area contributed by atoms with Crippen LogP contribution in [-0.2, 0) is 18.0 Å². The van der Waals surface area contributed by atoms with Gasteiger partial charge in [-0.15, -0.1) is 0 Å². The summed E-state index contributed by atoms with van der Waals surface area (Å²) in [6.07, 6.45) is 1.71. The fraction of sp³-hybridized carbons (Fsp3) is 0.280. The van der Waals surface area contributed by atoms with Gasteiger partial charge in [0, 0.05) is 17.3 Å². The largest absolute Gasteiger partial charge is 0.489 e. The van der Waals surface area contributed by atoms with Gasteiger partial charge in [0.1, 0.15) is 24.8 Å². The molecular formula is C25H26ClN3O3. The molecule has 7 heteroatoms. The molecule has 0 aliphatic carbocycles. The van der Waals surface area contributed by atoms with Gasteiger partial charge >= 0.3 is 0 Å². The number of fused-ring (bicyclic) bond motifs is 1. The van der Waals surface area contributed by atoms with Gasteiger partial charge in [-0.3, -0.25) is 9.36 Å². The molecule has 0 aliphatic heterocycles. The van der Waals surface area contributed by atoms with Crippen LogP contribution in [0.2, 0.25) is 5.02 Å². The molecule has 0 saturated heterocycles. The molecule has 2 aromatic carbocycles. The van der Waals surface area contributed by atoms with Crippen LogP contribution in [0.15, 0.2) is 65.6 Å². The third kappa shape index (κ3) is 5.58. The highest BCUT2D eigenvalue weighted by Gasteiger charge is 2.12. The predicted octanol–water partition coefficient (Wildman–Crippen LogP) is 5.51. The van der Waals surface area contributed by atoms with E-state index in [9.17, 15) is 4.79 Å². The highest BCUT2D eigenvalue weighted by Crippen LogP contribution is 2.19. The first-order chi connectivity index (χ1) is 15.3. The van der Waals surface area contributed by atoms with E-state index in [1.54, 1.807) is 16.8 Å². The average molecular weight is 452 g/mol. The summed E-state index contributed by atoms with van der Waals surface area (Å²) in [5.41, 5.74) is 3.34. The molecule has 2 aromatic heterocycles. The summed E-state index contributed by atoms with van der Waals surface area (Å²) in [7, 11) is 0. The van der Waals surface area contributed by atoms with Gasteiger partial charge in [0.2, 0.25) is 0 Å². The molecule has 0 spiro atoms. The van der Waals surface area contributed by atoms with Crippen molar-refractivity contribution in [1.82, 2.24) is 14.5 Å². The maximum atomic E-state index is 12.7. The Morgan fingerprint density at radius 2 is 1.81 bits per heavy atom. The van der Waals surface area contributed by atoms with Crippen LogP contribution in [0.3, 0.4) is 0 Å². The van der Waals surface area contributed by atoms with Crippen molar-refractivity contribution in [3.8, 4) is 11.4 Å². The van der Waals surface area contributed by atoms with Crippen molar-refractivity contribution < 1.29 is 9.47 Å². The van der Waals surface area contributed by atoms with E-state index in [1.807, 2.05) is 42.5 Å². The highest BCUT2D eigenvalue weighted by molar-refractivity contribution is 6.30. The van der Waals surface area contributed by atoms with Crippen molar-refractivity contribution in [2.75, 3.05) is 6.61 Å². The lowest BCUT2D eigenvalue weighted by atomic mass is 9.99. The maximum absolute atomic E-state index is 12.7. The minimum absolute atomic E-state index is 0.102. The van der Waals surface area contributed by atoms with Gasteiger partial charge in [-0.1, -0.05) is 44.5 Å². The van der Waals surface area contributed by atoms with Gasteiger partial charge in [-0.05, 0) is 47.4 Å². The lowest BCUT2D eigenvalue weighted by Crippen LogP contribution is -2.16. The second-order valence-electron chi connectivity index (χ2n) is 8.92. The van der Waals surface area contributed by atoms with Crippen molar-refractivity contribution in [1.29, 1.82) is 0 Å². The Morgan fingerprint density at radius 1 is 1.03 bits per heavy atom. The zero-order chi connectivity index (χ0) is 22.7. The van der Waals surface area contributed by atoms with E-state index < -0.39 is 0 Å². The molecule has 6 nitrogen and oxygen atoms in total. The number of aromatic amines is 1. The number of hydrogen-bond acceptors (Lipinski definition) is 4. The van der Waals surface area contributed by atoms with E-state index in [0.717, 1.165) is 28.1 Å². The molecule has 4 rings (SSSR count). The van der Waals surface area contributed by atoms with Gasteiger partial charge in [-0.2, -0.15) is 0 Å². The van der Waals surface area contributed by atoms with Crippen LogP contribution in [0, 0.1) is 5.41 Å². The summed E-state index contributed by atoms with van der Waals surface area (Å²) in [5, 5.41) is 0.676. The van der Waals surface area contributed by atoms with Gasteiger partial charge in [-0.25, -0.2) is 4.98 Å². The average Bonchev–Trinajstić information content (AvgIpc) is 3.14. The summed E-state index contributed by atoms with van der Waals surface area (Å²) < 4.78 is 13.1. The number of H-pyrrole nitrogens is 1. The molecular weight excluding hydrogens is 426 g/mol. The number of rotatable bonds is 7. The third-order valence-corrected chi connectivity index (χ3v) is 5.03. The van der Waals surface area contributed by atoms with Gasteiger partial charge < -0.3 is 14.5 Å². The van der Waals surface area contributed by atoms with Crippen LogP contribution in [0.1, 0.15) is 32.2 Å². The van der Waals surface area contributed by atoms with Gasteiger partial charge in [0.15, 0.2) is 0 Å². The number of halogens is 1. The maximum Gasteiger partial charge on any atom is 0.258 e. The lowest BCUT2D eigenvalue weighted by molar-refractivity contribution is 0.0566. The smallest absolute Gasteiger partial charge is 0.258 e. The summed E-state index contributed by atoms with van der Waals surface area (Å²) in [6.45, 7) is 7.82. The summed E-state index contributed by atoms with van der Waals surface area (Å²) in [5.74, 6) is 1.28. The zero-order valence-corrected chi connectivity index (χ0v) is 19.1. The predicted molar refractivity (Wildman–Crippen MR) is 127 cm³/mol. The molecule has 166 valence electrons. The monoisotopic (exact) mass is 451 g/mol. The molecule has 1 N–H and O–H groups in total.